The van der Waals surface area contributed by atoms with Crippen LogP contribution in [-0.2, 0) is 0 Å². The highest BCUT2D eigenvalue weighted by atomic mass is 16.5. The van der Waals surface area contributed by atoms with Crippen molar-refractivity contribution in [2.45, 2.75) is 12.8 Å². The molecular formula is C17H21N3O4. The smallest absolute Gasteiger partial charge is 0.343 e. The van der Waals surface area contributed by atoms with E-state index in [-0.39, 0.29) is 17.1 Å². The van der Waals surface area contributed by atoms with Gasteiger partial charge in [-0.25, -0.2) is 4.79 Å². The first kappa shape index (κ1) is 16.3. The van der Waals surface area contributed by atoms with Crippen LogP contribution in [0.4, 0.5) is 5.82 Å². The number of rotatable bonds is 7. The molecule has 2 N–H and O–H groups in total. The van der Waals surface area contributed by atoms with Gasteiger partial charge in [-0.05, 0) is 50.2 Å². The zero-order chi connectivity index (χ0) is 16.9. The molecule has 2 aromatic rings. The van der Waals surface area contributed by atoms with E-state index in [1.807, 2.05) is 0 Å². The molecule has 1 saturated heterocycles. The lowest BCUT2D eigenvalue weighted by atomic mass is 10.1. The summed E-state index contributed by atoms with van der Waals surface area (Å²) in [5.41, 5.74) is 0.704. The minimum atomic E-state index is -1.06. The van der Waals surface area contributed by atoms with Crippen molar-refractivity contribution in [2.75, 3.05) is 38.6 Å². The number of ether oxygens (including phenoxy) is 1. The van der Waals surface area contributed by atoms with Crippen molar-refractivity contribution in [1.82, 2.24) is 10.1 Å². The van der Waals surface area contributed by atoms with Crippen molar-refractivity contribution in [3.63, 3.8) is 0 Å². The van der Waals surface area contributed by atoms with Crippen LogP contribution in [0.15, 0.2) is 28.8 Å². The zero-order valence-electron chi connectivity index (χ0n) is 13.6. The Bertz CT molecular complexity index is 690. The molecule has 1 aromatic heterocycles. The number of aromatic nitrogens is 1. The van der Waals surface area contributed by atoms with Gasteiger partial charge in [0.15, 0.2) is 17.1 Å². The molecule has 24 heavy (non-hydrogen) atoms. The average molecular weight is 331 g/mol. The topological polar surface area (TPSA) is 87.8 Å². The molecule has 3 rings (SSSR count). The van der Waals surface area contributed by atoms with Gasteiger partial charge in [-0.3, -0.25) is 0 Å². The van der Waals surface area contributed by atoms with Gasteiger partial charge < -0.3 is 24.6 Å². The zero-order valence-corrected chi connectivity index (χ0v) is 13.6. The fourth-order valence-electron chi connectivity index (χ4n) is 2.89. The minimum Gasteiger partial charge on any atom is -0.497 e. The molecule has 1 aliphatic rings. The van der Waals surface area contributed by atoms with Crippen LogP contribution in [0.1, 0.15) is 23.2 Å². The number of likely N-dealkylation sites (tertiary alicyclic amines) is 1. The highest BCUT2D eigenvalue weighted by molar-refractivity contribution is 5.99. The summed E-state index contributed by atoms with van der Waals surface area (Å²) in [5.74, 6) is 0.145. The van der Waals surface area contributed by atoms with Gasteiger partial charge in [0, 0.05) is 18.7 Å². The first-order valence-corrected chi connectivity index (χ1v) is 8.02. The maximum atomic E-state index is 11.6. The molecule has 1 fully saturated rings. The molecular weight excluding hydrogens is 310 g/mol. The van der Waals surface area contributed by atoms with Gasteiger partial charge >= 0.3 is 5.97 Å². The standard InChI is InChI=1S/C17H21N3O4/c1-23-13-6-4-12(5-7-13)15-14(17(21)22)16(19-24-15)18-8-11-20-9-2-3-10-20/h4-7H,2-3,8-11H2,1H3,(H,18,19)(H,21,22). The summed E-state index contributed by atoms with van der Waals surface area (Å²) in [4.78, 5) is 14.0. The first-order valence-electron chi connectivity index (χ1n) is 8.02. The summed E-state index contributed by atoms with van der Waals surface area (Å²) in [6.45, 7) is 3.70. The molecule has 0 spiro atoms. The minimum absolute atomic E-state index is 0.0570. The highest BCUT2D eigenvalue weighted by Gasteiger charge is 2.24. The number of aromatic carboxylic acids is 1. The fourth-order valence-corrected chi connectivity index (χ4v) is 2.89. The number of benzene rings is 1. The molecule has 7 heteroatoms. The summed E-state index contributed by atoms with van der Waals surface area (Å²) < 4.78 is 10.4. The lowest BCUT2D eigenvalue weighted by molar-refractivity contribution is 0.0698. The van der Waals surface area contributed by atoms with Crippen molar-refractivity contribution in [3.05, 3.63) is 29.8 Å². The molecule has 1 aromatic carbocycles. The number of anilines is 1. The van der Waals surface area contributed by atoms with E-state index in [0.717, 1.165) is 19.6 Å². The van der Waals surface area contributed by atoms with Crippen molar-refractivity contribution in [3.8, 4) is 17.1 Å². The maximum Gasteiger partial charge on any atom is 0.343 e. The van der Waals surface area contributed by atoms with Crippen LogP contribution in [0.2, 0.25) is 0 Å². The third-order valence-electron chi connectivity index (χ3n) is 4.18. The number of carbonyl (C=O) groups is 1. The number of carboxylic acids is 1. The van der Waals surface area contributed by atoms with Crippen LogP contribution in [-0.4, -0.2) is 54.4 Å². The quantitative estimate of drug-likeness (QED) is 0.806. The normalized spacial score (nSPS) is 14.7. The Morgan fingerprint density at radius 3 is 2.67 bits per heavy atom. The summed E-state index contributed by atoms with van der Waals surface area (Å²) in [6, 6.07) is 7.01. The summed E-state index contributed by atoms with van der Waals surface area (Å²) in [6.07, 6.45) is 2.46. The van der Waals surface area contributed by atoms with Gasteiger partial charge in [-0.15, -0.1) is 0 Å². The van der Waals surface area contributed by atoms with E-state index in [1.165, 1.54) is 12.8 Å². The second kappa shape index (κ2) is 7.35. The van der Waals surface area contributed by atoms with E-state index in [9.17, 15) is 9.90 Å². The first-order chi connectivity index (χ1) is 11.7. The molecule has 0 bridgehead atoms. The highest BCUT2D eigenvalue weighted by Crippen LogP contribution is 2.30. The predicted octanol–water partition coefficient (Wildman–Crippen LogP) is 2.56. The summed E-state index contributed by atoms with van der Waals surface area (Å²) in [7, 11) is 1.58. The molecule has 1 aliphatic heterocycles. The molecule has 0 amide bonds. The SMILES string of the molecule is COc1ccc(-c2onc(NCCN3CCCC3)c2C(=O)O)cc1. The molecule has 128 valence electrons. The van der Waals surface area contributed by atoms with Gasteiger partial charge in [0.1, 0.15) is 5.75 Å². The number of hydrogen-bond acceptors (Lipinski definition) is 6. The number of methoxy groups -OCH3 is 1. The van der Waals surface area contributed by atoms with Crippen LogP contribution in [0.5, 0.6) is 5.75 Å². The Hall–Kier alpha value is -2.54. The summed E-state index contributed by atoms with van der Waals surface area (Å²) in [5, 5.41) is 16.5. The van der Waals surface area contributed by atoms with Gasteiger partial charge in [0.25, 0.3) is 0 Å². The second-order valence-electron chi connectivity index (χ2n) is 5.74. The number of nitrogens with zero attached hydrogens (tertiary/aromatic N) is 2. The fraction of sp³-hybridized carbons (Fsp3) is 0.412. The van der Waals surface area contributed by atoms with Crippen molar-refractivity contribution >= 4 is 11.8 Å². The van der Waals surface area contributed by atoms with Crippen LogP contribution >= 0.6 is 0 Å². The van der Waals surface area contributed by atoms with E-state index in [0.29, 0.717) is 17.9 Å². The molecule has 0 atom stereocenters. The van der Waals surface area contributed by atoms with E-state index in [2.05, 4.69) is 15.4 Å². The summed E-state index contributed by atoms with van der Waals surface area (Å²) >= 11 is 0. The van der Waals surface area contributed by atoms with Gasteiger partial charge in [0.2, 0.25) is 0 Å². The number of carboxylic acid groups (broad SMARTS) is 1. The predicted molar refractivity (Wildman–Crippen MR) is 89.6 cm³/mol. The molecule has 2 heterocycles. The molecule has 0 unspecified atom stereocenters. The van der Waals surface area contributed by atoms with Gasteiger partial charge in [-0.1, -0.05) is 5.16 Å². The third kappa shape index (κ3) is 3.51. The van der Waals surface area contributed by atoms with E-state index < -0.39 is 5.97 Å². The number of hydrogen-bond donors (Lipinski definition) is 2. The van der Waals surface area contributed by atoms with Crippen molar-refractivity contribution in [1.29, 1.82) is 0 Å². The van der Waals surface area contributed by atoms with Crippen LogP contribution in [0.3, 0.4) is 0 Å². The van der Waals surface area contributed by atoms with Crippen LogP contribution < -0.4 is 10.1 Å². The van der Waals surface area contributed by atoms with Crippen molar-refractivity contribution < 1.29 is 19.2 Å². The molecule has 0 aliphatic carbocycles. The van der Waals surface area contributed by atoms with Gasteiger partial charge in [0.05, 0.1) is 7.11 Å². The largest absolute Gasteiger partial charge is 0.497 e. The van der Waals surface area contributed by atoms with Gasteiger partial charge in [-0.2, -0.15) is 0 Å². The average Bonchev–Trinajstić information content (AvgIpc) is 3.24. The van der Waals surface area contributed by atoms with E-state index in [4.69, 9.17) is 9.26 Å². The third-order valence-corrected chi connectivity index (χ3v) is 4.18. The molecule has 0 saturated carbocycles. The number of nitrogens with one attached hydrogen (secondary N) is 1. The maximum absolute atomic E-state index is 11.6. The van der Waals surface area contributed by atoms with Crippen LogP contribution in [0.25, 0.3) is 11.3 Å². The Kier molecular flexibility index (Phi) is 5.00. The lowest BCUT2D eigenvalue weighted by Crippen LogP contribution is -2.26. The Labute approximate surface area is 140 Å². The Balaban J connectivity index is 1.75. The van der Waals surface area contributed by atoms with E-state index >= 15 is 0 Å². The Morgan fingerprint density at radius 2 is 2.04 bits per heavy atom. The molecule has 7 nitrogen and oxygen atoms in total. The Morgan fingerprint density at radius 1 is 1.33 bits per heavy atom. The molecule has 0 radical (unpaired) electrons. The van der Waals surface area contributed by atoms with Crippen molar-refractivity contribution in [2.24, 2.45) is 0 Å². The van der Waals surface area contributed by atoms with E-state index in [1.54, 1.807) is 31.4 Å². The lowest BCUT2D eigenvalue weighted by Gasteiger charge is -2.14. The van der Waals surface area contributed by atoms with Crippen LogP contribution in [0, 0.1) is 0 Å². The second-order valence-corrected chi connectivity index (χ2v) is 5.74. The monoisotopic (exact) mass is 331 g/mol.